The first-order valence-corrected chi connectivity index (χ1v) is 9.45. The highest BCUT2D eigenvalue weighted by molar-refractivity contribution is 14.0. The van der Waals surface area contributed by atoms with Crippen molar-refractivity contribution in [1.29, 1.82) is 0 Å². The molecule has 26 heavy (non-hydrogen) atoms. The van der Waals surface area contributed by atoms with Crippen LogP contribution in [0.5, 0.6) is 0 Å². The van der Waals surface area contributed by atoms with Gasteiger partial charge >= 0.3 is 0 Å². The van der Waals surface area contributed by atoms with Crippen LogP contribution in [-0.4, -0.2) is 29.2 Å². The number of aryl methyl sites for hydroxylation is 1. The lowest BCUT2D eigenvalue weighted by Crippen LogP contribution is -2.40. The smallest absolute Gasteiger partial charge is 0.223 e. The van der Waals surface area contributed by atoms with Crippen LogP contribution in [0.2, 0.25) is 0 Å². The summed E-state index contributed by atoms with van der Waals surface area (Å²) in [6.07, 6.45) is 2.13. The summed E-state index contributed by atoms with van der Waals surface area (Å²) in [5, 5.41) is 10.6. The van der Waals surface area contributed by atoms with E-state index >= 15 is 0 Å². The first kappa shape index (κ1) is 22.9. The molecule has 8 heteroatoms. The Balaban J connectivity index is 0.00000338. The summed E-state index contributed by atoms with van der Waals surface area (Å²) in [5.41, 5.74) is 1.34. The zero-order valence-electron chi connectivity index (χ0n) is 15.5. The van der Waals surface area contributed by atoms with Gasteiger partial charge in [0.1, 0.15) is 6.54 Å². The molecule has 0 aliphatic carbocycles. The lowest BCUT2D eigenvalue weighted by Gasteiger charge is -2.18. The van der Waals surface area contributed by atoms with Gasteiger partial charge in [-0.05, 0) is 37.0 Å². The van der Waals surface area contributed by atoms with Crippen molar-refractivity contribution >= 4 is 45.9 Å². The van der Waals surface area contributed by atoms with E-state index in [9.17, 15) is 0 Å². The maximum atomic E-state index is 4.97. The highest BCUT2D eigenvalue weighted by Gasteiger charge is 2.10. The van der Waals surface area contributed by atoms with Gasteiger partial charge in [-0.25, -0.2) is 4.99 Å². The highest BCUT2D eigenvalue weighted by atomic mass is 127. The molecule has 0 radical (unpaired) electrons. The Morgan fingerprint density at radius 3 is 2.73 bits per heavy atom. The summed E-state index contributed by atoms with van der Waals surface area (Å²) in [7, 11) is 0. The van der Waals surface area contributed by atoms with Gasteiger partial charge in [0.2, 0.25) is 5.89 Å². The van der Waals surface area contributed by atoms with Crippen molar-refractivity contribution in [3.8, 4) is 0 Å². The SMILES string of the molecule is CCNC(=NCc1noc(C)n1)NCC(CC)Cc1cccc(Br)c1.I. The summed E-state index contributed by atoms with van der Waals surface area (Å²) in [6.45, 7) is 8.11. The van der Waals surface area contributed by atoms with Crippen LogP contribution in [0.25, 0.3) is 0 Å². The minimum absolute atomic E-state index is 0. The number of halogens is 2. The molecule has 1 atom stereocenters. The third-order valence-corrected chi connectivity index (χ3v) is 4.33. The number of hydrogen-bond donors (Lipinski definition) is 2. The lowest BCUT2D eigenvalue weighted by molar-refractivity contribution is 0.387. The van der Waals surface area contributed by atoms with Crippen LogP contribution in [0, 0.1) is 12.8 Å². The summed E-state index contributed by atoms with van der Waals surface area (Å²) in [6, 6.07) is 8.49. The van der Waals surface area contributed by atoms with Crippen molar-refractivity contribution in [2.24, 2.45) is 10.9 Å². The monoisotopic (exact) mass is 535 g/mol. The average molecular weight is 536 g/mol. The molecule has 0 fully saturated rings. The van der Waals surface area contributed by atoms with Gasteiger partial charge in [0.25, 0.3) is 0 Å². The number of guanidine groups is 1. The van der Waals surface area contributed by atoms with Crippen LogP contribution < -0.4 is 10.6 Å². The molecule has 2 rings (SSSR count). The summed E-state index contributed by atoms with van der Waals surface area (Å²) in [4.78, 5) is 8.70. The normalized spacial score (nSPS) is 12.4. The first-order valence-electron chi connectivity index (χ1n) is 8.66. The van der Waals surface area contributed by atoms with Gasteiger partial charge in [-0.1, -0.05) is 46.6 Å². The molecule has 1 heterocycles. The fourth-order valence-corrected chi connectivity index (χ4v) is 2.94. The molecule has 0 bridgehead atoms. The predicted octanol–water partition coefficient (Wildman–Crippen LogP) is 4.08. The molecule has 1 unspecified atom stereocenters. The van der Waals surface area contributed by atoms with E-state index in [1.807, 2.05) is 0 Å². The van der Waals surface area contributed by atoms with Crippen molar-refractivity contribution in [1.82, 2.24) is 20.8 Å². The number of aliphatic imine (C=N–C) groups is 1. The molecular weight excluding hydrogens is 509 g/mol. The predicted molar refractivity (Wildman–Crippen MR) is 119 cm³/mol. The van der Waals surface area contributed by atoms with E-state index in [4.69, 9.17) is 4.52 Å². The first-order chi connectivity index (χ1) is 12.1. The molecule has 0 saturated carbocycles. The molecule has 6 nitrogen and oxygen atoms in total. The highest BCUT2D eigenvalue weighted by Crippen LogP contribution is 2.16. The second-order valence-electron chi connectivity index (χ2n) is 5.91. The number of rotatable bonds is 8. The van der Waals surface area contributed by atoms with Gasteiger partial charge in [0.15, 0.2) is 11.8 Å². The van der Waals surface area contributed by atoms with Crippen LogP contribution in [0.15, 0.2) is 38.3 Å². The van der Waals surface area contributed by atoms with E-state index in [-0.39, 0.29) is 24.0 Å². The molecular formula is C18H27BrIN5O. The van der Waals surface area contributed by atoms with Gasteiger partial charge in [-0.3, -0.25) is 0 Å². The van der Waals surface area contributed by atoms with Crippen molar-refractivity contribution in [2.45, 2.75) is 40.2 Å². The third kappa shape index (κ3) is 8.03. The van der Waals surface area contributed by atoms with E-state index in [0.29, 0.717) is 24.2 Å². The van der Waals surface area contributed by atoms with Crippen molar-refractivity contribution in [3.63, 3.8) is 0 Å². The Morgan fingerprint density at radius 1 is 1.31 bits per heavy atom. The Hall–Kier alpha value is -1.16. The molecule has 0 amide bonds. The van der Waals surface area contributed by atoms with Crippen LogP contribution in [0.4, 0.5) is 0 Å². The van der Waals surface area contributed by atoms with E-state index in [1.165, 1.54) is 5.56 Å². The lowest BCUT2D eigenvalue weighted by atomic mass is 9.97. The second kappa shape index (κ2) is 12.3. The van der Waals surface area contributed by atoms with Gasteiger partial charge in [-0.2, -0.15) is 4.98 Å². The van der Waals surface area contributed by atoms with Crippen LogP contribution in [-0.2, 0) is 13.0 Å². The Morgan fingerprint density at radius 2 is 2.12 bits per heavy atom. The van der Waals surface area contributed by atoms with Gasteiger partial charge in [0, 0.05) is 24.5 Å². The zero-order chi connectivity index (χ0) is 18.1. The second-order valence-corrected chi connectivity index (χ2v) is 6.83. The summed E-state index contributed by atoms with van der Waals surface area (Å²) >= 11 is 3.54. The van der Waals surface area contributed by atoms with Crippen LogP contribution in [0.3, 0.4) is 0 Å². The molecule has 144 valence electrons. The van der Waals surface area contributed by atoms with E-state index in [0.717, 1.165) is 36.4 Å². The zero-order valence-corrected chi connectivity index (χ0v) is 19.4. The number of nitrogens with zero attached hydrogens (tertiary/aromatic N) is 3. The van der Waals surface area contributed by atoms with Crippen LogP contribution >= 0.6 is 39.9 Å². The summed E-state index contributed by atoms with van der Waals surface area (Å²) in [5.74, 6) is 2.46. The molecule has 0 aliphatic rings. The maximum absolute atomic E-state index is 4.97. The topological polar surface area (TPSA) is 75.3 Å². The fourth-order valence-electron chi connectivity index (χ4n) is 2.50. The molecule has 2 N–H and O–H groups in total. The molecule has 1 aromatic heterocycles. The van der Waals surface area contributed by atoms with E-state index in [2.05, 4.69) is 79.8 Å². The molecule has 0 spiro atoms. The quantitative estimate of drug-likeness (QED) is 0.302. The van der Waals surface area contributed by atoms with Crippen molar-refractivity contribution in [2.75, 3.05) is 13.1 Å². The van der Waals surface area contributed by atoms with Crippen molar-refractivity contribution in [3.05, 3.63) is 46.0 Å². The number of benzene rings is 1. The van der Waals surface area contributed by atoms with Crippen molar-refractivity contribution < 1.29 is 4.52 Å². The largest absolute Gasteiger partial charge is 0.357 e. The number of aromatic nitrogens is 2. The van der Waals surface area contributed by atoms with Gasteiger partial charge in [-0.15, -0.1) is 24.0 Å². The van der Waals surface area contributed by atoms with E-state index < -0.39 is 0 Å². The third-order valence-electron chi connectivity index (χ3n) is 3.84. The Kier molecular flexibility index (Phi) is 10.8. The molecule has 1 aromatic carbocycles. The van der Waals surface area contributed by atoms with Crippen LogP contribution in [0.1, 0.15) is 37.5 Å². The molecule has 0 saturated heterocycles. The molecule has 2 aromatic rings. The Labute approximate surface area is 180 Å². The Bertz CT molecular complexity index is 692. The minimum Gasteiger partial charge on any atom is -0.357 e. The van der Waals surface area contributed by atoms with E-state index in [1.54, 1.807) is 6.92 Å². The van der Waals surface area contributed by atoms with Gasteiger partial charge in [0.05, 0.1) is 0 Å². The maximum Gasteiger partial charge on any atom is 0.223 e. The minimum atomic E-state index is 0. The van der Waals surface area contributed by atoms with Gasteiger partial charge < -0.3 is 15.2 Å². The standard InChI is InChI=1S/C18H26BrN5O.HI/c1-4-14(9-15-7-6-8-16(19)10-15)11-21-18(20-5-2)22-12-17-23-13(3)25-24-17;/h6-8,10,14H,4-5,9,11-12H2,1-3H3,(H2,20,21,22);1H. The number of nitrogens with one attached hydrogen (secondary N) is 2. The average Bonchev–Trinajstić information content (AvgIpc) is 3.01. The molecule has 0 aliphatic heterocycles. The number of hydrogen-bond acceptors (Lipinski definition) is 4. The summed E-state index contributed by atoms with van der Waals surface area (Å²) < 4.78 is 6.10. The fraction of sp³-hybridized carbons (Fsp3) is 0.500.